The van der Waals surface area contributed by atoms with Crippen LogP contribution in [0.4, 0.5) is 5.69 Å². The fourth-order valence-corrected chi connectivity index (χ4v) is 2.36. The number of anilines is 1. The number of para-hydroxylation sites is 1. The molecule has 0 radical (unpaired) electrons. The van der Waals surface area contributed by atoms with Crippen LogP contribution < -0.4 is 10.2 Å². The van der Waals surface area contributed by atoms with E-state index in [9.17, 15) is 4.79 Å². The van der Waals surface area contributed by atoms with Crippen molar-refractivity contribution in [3.63, 3.8) is 0 Å². The lowest BCUT2D eigenvalue weighted by atomic mass is 10.1. The second-order valence-corrected chi connectivity index (χ2v) is 4.92. The summed E-state index contributed by atoms with van der Waals surface area (Å²) in [4.78, 5) is 14.3. The summed E-state index contributed by atoms with van der Waals surface area (Å²) in [5.74, 6) is -0.0136. The van der Waals surface area contributed by atoms with Gasteiger partial charge >= 0.3 is 0 Å². The molecule has 0 fully saturated rings. The molecule has 1 amide bonds. The van der Waals surface area contributed by atoms with Crippen molar-refractivity contribution in [1.29, 1.82) is 0 Å². The van der Waals surface area contributed by atoms with Crippen molar-refractivity contribution in [2.24, 2.45) is 0 Å². The molecule has 2 aromatic rings. The zero-order valence-corrected chi connectivity index (χ0v) is 11.2. The number of carbonyl (C=O) groups is 1. The first kappa shape index (κ1) is 12.7. The summed E-state index contributed by atoms with van der Waals surface area (Å²) < 4.78 is 1.44. The first-order valence-electron chi connectivity index (χ1n) is 6.56. The van der Waals surface area contributed by atoms with Crippen molar-refractivity contribution in [3.8, 4) is 0 Å². The maximum Gasteiger partial charge on any atom is 0.248 e. The minimum Gasteiger partial charge on any atom is -0.309 e. The highest BCUT2D eigenvalue weighted by Gasteiger charge is 2.24. The Kier molecular flexibility index (Phi) is 3.42. The Morgan fingerprint density at radius 1 is 1.45 bits per heavy atom. The Balaban J connectivity index is 1.88. The van der Waals surface area contributed by atoms with Crippen LogP contribution in [0.5, 0.6) is 0 Å². The Morgan fingerprint density at radius 3 is 3.10 bits per heavy atom. The number of nitrogens with one attached hydrogen (secondary N) is 1. The van der Waals surface area contributed by atoms with Crippen LogP contribution in [0.15, 0.2) is 30.6 Å². The van der Waals surface area contributed by atoms with E-state index in [-0.39, 0.29) is 18.5 Å². The third-order valence-electron chi connectivity index (χ3n) is 3.37. The highest BCUT2D eigenvalue weighted by atomic mass is 16.2. The quantitative estimate of drug-likeness (QED) is 0.845. The number of carbonyl (C=O) groups excluding carboxylic acids is 1. The van der Waals surface area contributed by atoms with E-state index < -0.39 is 0 Å². The number of benzene rings is 1. The van der Waals surface area contributed by atoms with E-state index in [1.807, 2.05) is 29.2 Å². The van der Waals surface area contributed by atoms with Crippen LogP contribution >= 0.6 is 0 Å². The van der Waals surface area contributed by atoms with Gasteiger partial charge in [-0.15, -0.1) is 5.10 Å². The molecule has 104 valence electrons. The van der Waals surface area contributed by atoms with Crippen LogP contribution in [0.1, 0.15) is 12.5 Å². The lowest BCUT2D eigenvalue weighted by Gasteiger charge is -2.24. The molecule has 1 aromatic heterocycles. The van der Waals surface area contributed by atoms with Crippen molar-refractivity contribution in [2.75, 3.05) is 11.4 Å². The third kappa shape index (κ3) is 2.53. The Hall–Kier alpha value is -2.28. The van der Waals surface area contributed by atoms with Gasteiger partial charge < -0.3 is 10.2 Å². The lowest BCUT2D eigenvalue weighted by molar-refractivity contribution is -0.119. The standard InChI is InChI=1S/C13H16N6O/c1-10-7-19(13(20)8-18-9-15-16-17-18)12-5-3-2-4-11(12)6-14-10/h2-5,9-10,14H,6-8H2,1H3. The van der Waals surface area contributed by atoms with E-state index in [0.29, 0.717) is 6.54 Å². The van der Waals surface area contributed by atoms with Crippen LogP contribution in [-0.4, -0.2) is 38.7 Å². The summed E-state index contributed by atoms with van der Waals surface area (Å²) in [6.45, 7) is 3.63. The van der Waals surface area contributed by atoms with E-state index in [1.165, 1.54) is 11.0 Å². The number of aromatic nitrogens is 4. The average Bonchev–Trinajstić information content (AvgIpc) is 2.89. The fraction of sp³-hybridized carbons (Fsp3) is 0.385. The molecule has 1 N–H and O–H groups in total. The van der Waals surface area contributed by atoms with Gasteiger partial charge in [-0.3, -0.25) is 4.79 Å². The fourth-order valence-electron chi connectivity index (χ4n) is 2.36. The molecule has 0 bridgehead atoms. The van der Waals surface area contributed by atoms with Gasteiger partial charge in [-0.1, -0.05) is 18.2 Å². The second-order valence-electron chi connectivity index (χ2n) is 4.92. The molecule has 2 heterocycles. The second kappa shape index (κ2) is 5.38. The number of amides is 1. The van der Waals surface area contributed by atoms with Crippen molar-refractivity contribution in [3.05, 3.63) is 36.2 Å². The van der Waals surface area contributed by atoms with Crippen LogP contribution in [0.25, 0.3) is 0 Å². The van der Waals surface area contributed by atoms with Gasteiger partial charge in [-0.25, -0.2) is 4.68 Å². The Morgan fingerprint density at radius 2 is 2.30 bits per heavy atom. The molecule has 0 spiro atoms. The van der Waals surface area contributed by atoms with Crippen molar-refractivity contribution in [2.45, 2.75) is 26.1 Å². The van der Waals surface area contributed by atoms with Gasteiger partial charge in [0.1, 0.15) is 12.9 Å². The summed E-state index contributed by atoms with van der Waals surface area (Å²) in [7, 11) is 0. The van der Waals surface area contributed by atoms with Crippen LogP contribution in [0, 0.1) is 0 Å². The summed E-state index contributed by atoms with van der Waals surface area (Å²) in [5, 5.41) is 14.2. The molecule has 3 rings (SSSR count). The largest absolute Gasteiger partial charge is 0.309 e. The SMILES string of the molecule is CC1CN(C(=O)Cn2cnnn2)c2ccccc2CN1. The molecule has 0 saturated heterocycles. The highest BCUT2D eigenvalue weighted by Crippen LogP contribution is 2.23. The van der Waals surface area contributed by atoms with Gasteiger partial charge in [0.05, 0.1) is 0 Å². The van der Waals surface area contributed by atoms with E-state index in [2.05, 4.69) is 27.8 Å². The van der Waals surface area contributed by atoms with Gasteiger partial charge in [-0.05, 0) is 29.0 Å². The number of fused-ring (bicyclic) bond motifs is 1. The molecule has 1 atom stereocenters. The van der Waals surface area contributed by atoms with E-state index in [0.717, 1.165) is 17.8 Å². The highest BCUT2D eigenvalue weighted by molar-refractivity contribution is 5.94. The molecule has 0 saturated carbocycles. The lowest BCUT2D eigenvalue weighted by Crippen LogP contribution is -2.41. The van der Waals surface area contributed by atoms with E-state index >= 15 is 0 Å². The van der Waals surface area contributed by atoms with Gasteiger partial charge in [0.2, 0.25) is 5.91 Å². The Labute approximate surface area is 116 Å². The summed E-state index contributed by atoms with van der Waals surface area (Å²) >= 11 is 0. The van der Waals surface area contributed by atoms with E-state index in [1.54, 1.807) is 0 Å². The maximum absolute atomic E-state index is 12.5. The molecule has 20 heavy (non-hydrogen) atoms. The van der Waals surface area contributed by atoms with Gasteiger partial charge in [-0.2, -0.15) is 0 Å². The molecule has 7 heteroatoms. The zero-order valence-electron chi connectivity index (χ0n) is 11.2. The predicted octanol–water partition coefficient (Wildman–Crippen LogP) is 0.198. The first-order chi connectivity index (χ1) is 9.74. The maximum atomic E-state index is 12.5. The normalized spacial score (nSPS) is 18.4. The topological polar surface area (TPSA) is 75.9 Å². The molecular formula is C13H16N6O. The van der Waals surface area contributed by atoms with Gasteiger partial charge in [0, 0.05) is 24.8 Å². The zero-order chi connectivity index (χ0) is 13.9. The third-order valence-corrected chi connectivity index (χ3v) is 3.37. The molecule has 1 aliphatic rings. The number of hydrogen-bond donors (Lipinski definition) is 1. The number of rotatable bonds is 2. The van der Waals surface area contributed by atoms with Gasteiger partial charge in [0.15, 0.2) is 0 Å². The molecule has 1 aliphatic heterocycles. The van der Waals surface area contributed by atoms with E-state index in [4.69, 9.17) is 0 Å². The Bertz CT molecular complexity index is 597. The monoisotopic (exact) mass is 272 g/mol. The molecule has 0 aliphatic carbocycles. The predicted molar refractivity (Wildman–Crippen MR) is 72.9 cm³/mol. The van der Waals surface area contributed by atoms with Crippen LogP contribution in [0.2, 0.25) is 0 Å². The first-order valence-corrected chi connectivity index (χ1v) is 6.56. The summed E-state index contributed by atoms with van der Waals surface area (Å²) in [6, 6.07) is 8.19. The average molecular weight is 272 g/mol. The van der Waals surface area contributed by atoms with Crippen LogP contribution in [-0.2, 0) is 17.9 Å². The molecular weight excluding hydrogens is 256 g/mol. The molecule has 1 unspecified atom stereocenters. The molecule has 7 nitrogen and oxygen atoms in total. The minimum atomic E-state index is -0.0136. The minimum absolute atomic E-state index is 0.0136. The molecule has 1 aromatic carbocycles. The van der Waals surface area contributed by atoms with Gasteiger partial charge in [0.25, 0.3) is 0 Å². The van der Waals surface area contributed by atoms with Crippen molar-refractivity contribution >= 4 is 11.6 Å². The smallest absolute Gasteiger partial charge is 0.248 e. The van der Waals surface area contributed by atoms with Crippen LogP contribution in [0.3, 0.4) is 0 Å². The summed E-state index contributed by atoms with van der Waals surface area (Å²) in [5.41, 5.74) is 2.09. The number of nitrogens with zero attached hydrogens (tertiary/aromatic N) is 5. The van der Waals surface area contributed by atoms with Crippen molar-refractivity contribution in [1.82, 2.24) is 25.5 Å². The number of hydrogen-bond acceptors (Lipinski definition) is 5. The summed E-state index contributed by atoms with van der Waals surface area (Å²) in [6.07, 6.45) is 1.45. The number of tetrazole rings is 1. The van der Waals surface area contributed by atoms with Crippen molar-refractivity contribution < 1.29 is 4.79 Å².